The van der Waals surface area contributed by atoms with Crippen molar-refractivity contribution >= 4 is 28.5 Å². The molecule has 1 heterocycles. The second kappa shape index (κ2) is 10.3. The fourth-order valence-corrected chi connectivity index (χ4v) is 4.53. The van der Waals surface area contributed by atoms with Crippen LogP contribution in [0.25, 0.3) is 11.1 Å². The molecule has 8 nitrogen and oxygen atoms in total. The van der Waals surface area contributed by atoms with Gasteiger partial charge in [-0.1, -0.05) is 26.0 Å². The van der Waals surface area contributed by atoms with Crippen LogP contribution in [0.5, 0.6) is 5.88 Å². The molecule has 11 heteroatoms. The minimum atomic E-state index is -4.22. The maximum absolute atomic E-state index is 14.5. The SMILES string of the molecule is COc1cc(-c2cc(F)cc(C(C)C)c2CC(=O)NS(=O)(=O)c2ccc(B(O)O)cc2)ccn1. The van der Waals surface area contributed by atoms with Crippen LogP contribution in [0.3, 0.4) is 0 Å². The second-order valence-corrected chi connectivity index (χ2v) is 9.59. The summed E-state index contributed by atoms with van der Waals surface area (Å²) in [4.78, 5) is 16.7. The molecule has 0 aliphatic carbocycles. The van der Waals surface area contributed by atoms with E-state index in [0.717, 1.165) is 12.1 Å². The molecule has 0 radical (unpaired) electrons. The normalized spacial score (nSPS) is 11.4. The molecule has 3 rings (SSSR count). The van der Waals surface area contributed by atoms with Gasteiger partial charge in [0.2, 0.25) is 11.8 Å². The van der Waals surface area contributed by atoms with Crippen molar-refractivity contribution < 1.29 is 32.4 Å². The Morgan fingerprint density at radius 1 is 1.15 bits per heavy atom. The van der Waals surface area contributed by atoms with E-state index in [-0.39, 0.29) is 22.7 Å². The predicted molar refractivity (Wildman–Crippen MR) is 126 cm³/mol. The number of carbonyl (C=O) groups is 1. The van der Waals surface area contributed by atoms with E-state index in [4.69, 9.17) is 14.8 Å². The fraction of sp³-hybridized carbons (Fsp3) is 0.217. The lowest BCUT2D eigenvalue weighted by Crippen LogP contribution is -2.33. The molecule has 3 aromatic rings. The zero-order chi connectivity index (χ0) is 25.0. The number of hydrogen-bond donors (Lipinski definition) is 3. The molecule has 0 bridgehead atoms. The van der Waals surface area contributed by atoms with Crippen LogP contribution in [0.15, 0.2) is 59.6 Å². The Morgan fingerprint density at radius 2 is 1.82 bits per heavy atom. The molecule has 0 aliphatic rings. The van der Waals surface area contributed by atoms with Gasteiger partial charge in [0.15, 0.2) is 0 Å². The smallest absolute Gasteiger partial charge is 0.481 e. The van der Waals surface area contributed by atoms with Crippen LogP contribution >= 0.6 is 0 Å². The van der Waals surface area contributed by atoms with Crippen LogP contribution in [0.2, 0.25) is 0 Å². The summed E-state index contributed by atoms with van der Waals surface area (Å²) in [5.41, 5.74) is 2.15. The van der Waals surface area contributed by atoms with Gasteiger partial charge < -0.3 is 14.8 Å². The largest absolute Gasteiger partial charge is 0.488 e. The third kappa shape index (κ3) is 5.80. The summed E-state index contributed by atoms with van der Waals surface area (Å²) in [6.45, 7) is 3.70. The van der Waals surface area contributed by atoms with E-state index in [9.17, 15) is 17.6 Å². The standard InChI is InChI=1S/C23H24BFN2O6S/c1-14(2)19-11-17(25)12-20(15-8-9-26-23(10-15)33-3)21(19)13-22(28)27-34(31,32)18-6-4-16(5-7-18)24(29)30/h4-12,14,29-30H,13H2,1-3H3,(H,27,28). The molecule has 3 N–H and O–H groups in total. The average Bonchev–Trinajstić information content (AvgIpc) is 2.79. The number of rotatable bonds is 8. The van der Waals surface area contributed by atoms with E-state index in [2.05, 4.69) is 4.98 Å². The monoisotopic (exact) mass is 486 g/mol. The summed E-state index contributed by atoms with van der Waals surface area (Å²) in [5, 5.41) is 18.3. The average molecular weight is 486 g/mol. The minimum Gasteiger partial charge on any atom is -0.481 e. The first kappa shape index (κ1) is 25.3. The van der Waals surface area contributed by atoms with Gasteiger partial charge >= 0.3 is 7.12 Å². The number of halogens is 1. The molecule has 0 fully saturated rings. The molecule has 34 heavy (non-hydrogen) atoms. The van der Waals surface area contributed by atoms with Gasteiger partial charge in [0.25, 0.3) is 10.0 Å². The van der Waals surface area contributed by atoms with Gasteiger partial charge in [-0.25, -0.2) is 22.5 Å². The van der Waals surface area contributed by atoms with Gasteiger partial charge in [-0.05, 0) is 64.0 Å². The second-order valence-electron chi connectivity index (χ2n) is 7.91. The Morgan fingerprint density at radius 3 is 2.41 bits per heavy atom. The fourth-order valence-electron chi connectivity index (χ4n) is 3.54. The highest BCUT2D eigenvalue weighted by Gasteiger charge is 2.23. The van der Waals surface area contributed by atoms with Crippen LogP contribution < -0.4 is 14.9 Å². The number of nitrogens with one attached hydrogen (secondary N) is 1. The first-order chi connectivity index (χ1) is 16.0. The Bertz CT molecular complexity index is 1300. The van der Waals surface area contributed by atoms with E-state index in [1.54, 1.807) is 12.1 Å². The zero-order valence-corrected chi connectivity index (χ0v) is 19.6. The van der Waals surface area contributed by atoms with Gasteiger partial charge in [-0.2, -0.15) is 0 Å². The number of aromatic nitrogens is 1. The summed E-state index contributed by atoms with van der Waals surface area (Å²) in [7, 11) is -4.52. The Kier molecular flexibility index (Phi) is 7.70. The maximum Gasteiger partial charge on any atom is 0.488 e. The number of nitrogens with zero attached hydrogens (tertiary/aromatic N) is 1. The Labute approximate surface area is 197 Å². The third-order valence-electron chi connectivity index (χ3n) is 5.20. The highest BCUT2D eigenvalue weighted by atomic mass is 32.2. The highest BCUT2D eigenvalue weighted by molar-refractivity contribution is 7.90. The predicted octanol–water partition coefficient (Wildman–Crippen LogP) is 1.75. The van der Waals surface area contributed by atoms with Crippen LogP contribution in [-0.2, 0) is 21.2 Å². The van der Waals surface area contributed by atoms with Crippen LogP contribution in [-0.4, -0.2) is 43.6 Å². The van der Waals surface area contributed by atoms with Gasteiger partial charge in [0.05, 0.1) is 18.4 Å². The number of pyridine rings is 1. The molecular formula is C23H24BFN2O6S. The van der Waals surface area contributed by atoms with Crippen molar-refractivity contribution in [2.24, 2.45) is 0 Å². The topological polar surface area (TPSA) is 126 Å². The lowest BCUT2D eigenvalue weighted by molar-refractivity contribution is -0.118. The lowest BCUT2D eigenvalue weighted by atomic mass is 9.81. The first-order valence-corrected chi connectivity index (χ1v) is 11.8. The van der Waals surface area contributed by atoms with Crippen molar-refractivity contribution in [1.82, 2.24) is 9.71 Å². The van der Waals surface area contributed by atoms with Crippen LogP contribution in [0.4, 0.5) is 4.39 Å². The van der Waals surface area contributed by atoms with Crippen molar-refractivity contribution in [1.29, 1.82) is 0 Å². The molecule has 0 aliphatic heterocycles. The summed E-state index contributed by atoms with van der Waals surface area (Å²) in [6, 6.07) is 10.7. The molecule has 0 saturated carbocycles. The van der Waals surface area contributed by atoms with Gasteiger partial charge in [0, 0.05) is 12.3 Å². The number of ether oxygens (including phenoxy) is 1. The quantitative estimate of drug-likeness (QED) is 0.414. The highest BCUT2D eigenvalue weighted by Crippen LogP contribution is 2.33. The molecule has 1 amide bonds. The summed E-state index contributed by atoms with van der Waals surface area (Å²) >= 11 is 0. The lowest BCUT2D eigenvalue weighted by Gasteiger charge is -2.18. The molecule has 0 unspecified atom stereocenters. The molecule has 178 valence electrons. The number of amides is 1. The van der Waals surface area contributed by atoms with E-state index < -0.39 is 28.9 Å². The van der Waals surface area contributed by atoms with Gasteiger partial charge in [-0.3, -0.25) is 4.79 Å². The number of carbonyl (C=O) groups excluding carboxylic acids is 1. The minimum absolute atomic E-state index is 0.107. The maximum atomic E-state index is 14.5. The zero-order valence-electron chi connectivity index (χ0n) is 18.8. The molecule has 2 aromatic carbocycles. The van der Waals surface area contributed by atoms with Gasteiger partial charge in [-0.15, -0.1) is 0 Å². The van der Waals surface area contributed by atoms with Crippen molar-refractivity contribution in [3.8, 4) is 17.0 Å². The number of hydrogen-bond acceptors (Lipinski definition) is 7. The summed E-state index contributed by atoms with van der Waals surface area (Å²) in [6.07, 6.45) is 1.18. The van der Waals surface area contributed by atoms with Crippen molar-refractivity contribution in [2.75, 3.05) is 7.11 Å². The summed E-state index contributed by atoms with van der Waals surface area (Å²) in [5.74, 6) is -1.13. The van der Waals surface area contributed by atoms with Crippen LogP contribution in [0.1, 0.15) is 30.9 Å². The van der Waals surface area contributed by atoms with Crippen LogP contribution in [0, 0.1) is 5.82 Å². The van der Waals surface area contributed by atoms with Crippen molar-refractivity contribution in [3.63, 3.8) is 0 Å². The molecule has 0 saturated heterocycles. The molecule has 0 atom stereocenters. The summed E-state index contributed by atoms with van der Waals surface area (Å²) < 4.78 is 47.0. The molecular weight excluding hydrogens is 462 g/mol. The molecule has 1 aromatic heterocycles. The van der Waals surface area contributed by atoms with E-state index in [0.29, 0.717) is 28.1 Å². The van der Waals surface area contributed by atoms with Gasteiger partial charge in [0.1, 0.15) is 5.82 Å². The molecule has 0 spiro atoms. The first-order valence-electron chi connectivity index (χ1n) is 10.4. The van der Waals surface area contributed by atoms with E-state index in [1.807, 2.05) is 18.6 Å². The number of methoxy groups -OCH3 is 1. The van der Waals surface area contributed by atoms with E-state index in [1.165, 1.54) is 37.6 Å². The Hall–Kier alpha value is -3.28. The van der Waals surface area contributed by atoms with Crippen molar-refractivity contribution in [2.45, 2.75) is 31.1 Å². The van der Waals surface area contributed by atoms with E-state index >= 15 is 0 Å². The van der Waals surface area contributed by atoms with Crippen molar-refractivity contribution in [3.05, 3.63) is 71.7 Å². The Balaban J connectivity index is 1.96. The number of benzene rings is 2. The third-order valence-corrected chi connectivity index (χ3v) is 6.59. The number of sulfonamides is 1.